The van der Waals surface area contributed by atoms with Crippen molar-refractivity contribution in [2.24, 2.45) is 5.41 Å². The zero-order valence-corrected chi connectivity index (χ0v) is 17.4. The van der Waals surface area contributed by atoms with Crippen molar-refractivity contribution < 1.29 is 4.79 Å². The van der Waals surface area contributed by atoms with Gasteiger partial charge in [-0.3, -0.25) is 9.78 Å². The van der Waals surface area contributed by atoms with Gasteiger partial charge in [0.1, 0.15) is 0 Å². The molecule has 3 rings (SSSR count). The third-order valence-electron chi connectivity index (χ3n) is 5.30. The van der Waals surface area contributed by atoms with Crippen LogP contribution in [0.3, 0.4) is 0 Å². The molecule has 0 aromatic carbocycles. The average Bonchev–Trinajstić information content (AvgIpc) is 2.94. The third-order valence-corrected chi connectivity index (χ3v) is 6.68. The minimum absolute atomic E-state index is 0.0709. The summed E-state index contributed by atoms with van der Waals surface area (Å²) in [6.45, 7) is 11.0. The molecular formula is C23H29NOS. The molecule has 0 aliphatic heterocycles. The van der Waals surface area contributed by atoms with Crippen LogP contribution in [0.4, 0.5) is 0 Å². The van der Waals surface area contributed by atoms with Crippen molar-refractivity contribution in [1.82, 2.24) is 4.98 Å². The molecule has 0 unspecified atom stereocenters. The molecule has 3 heteroatoms. The standard InChI is InChI=1S/C23H29NOS/c1-6-17-13-16(12-15(3)24-17)20(25)8-9-22-18-10-11-23(4,5)14-19(18)21(7-2)26-22/h8-9,12-13H,6-7,10-11,14H2,1-5H3. The Balaban J connectivity index is 1.89. The fraction of sp³-hybridized carbons (Fsp3) is 0.478. The maximum Gasteiger partial charge on any atom is 0.186 e. The second-order valence-electron chi connectivity index (χ2n) is 8.08. The van der Waals surface area contributed by atoms with Crippen LogP contribution in [-0.4, -0.2) is 10.8 Å². The van der Waals surface area contributed by atoms with Crippen molar-refractivity contribution in [2.75, 3.05) is 0 Å². The largest absolute Gasteiger partial charge is 0.289 e. The molecule has 2 aromatic heterocycles. The predicted octanol–water partition coefficient (Wildman–Crippen LogP) is 5.99. The van der Waals surface area contributed by atoms with E-state index in [1.807, 2.05) is 36.5 Å². The molecule has 2 aromatic rings. The van der Waals surface area contributed by atoms with Gasteiger partial charge in [-0.05, 0) is 79.9 Å². The van der Waals surface area contributed by atoms with E-state index in [9.17, 15) is 4.79 Å². The Hall–Kier alpha value is -1.74. The molecule has 0 bridgehead atoms. The third kappa shape index (κ3) is 3.98. The van der Waals surface area contributed by atoms with Crippen molar-refractivity contribution >= 4 is 23.2 Å². The maximum atomic E-state index is 12.7. The first kappa shape index (κ1) is 19.0. The lowest BCUT2D eigenvalue weighted by molar-refractivity contribution is 0.104. The normalized spacial score (nSPS) is 16.0. The van der Waals surface area contributed by atoms with E-state index in [4.69, 9.17) is 0 Å². The van der Waals surface area contributed by atoms with Gasteiger partial charge in [0, 0.05) is 26.7 Å². The summed E-state index contributed by atoms with van der Waals surface area (Å²) in [6.07, 6.45) is 9.23. The van der Waals surface area contributed by atoms with E-state index in [2.05, 4.69) is 32.7 Å². The monoisotopic (exact) mass is 367 g/mol. The SMILES string of the molecule is CCc1cc(C(=O)C=Cc2sc(CC)c3c2CCC(C)(C)C3)cc(C)n1. The number of fused-ring (bicyclic) bond motifs is 1. The summed E-state index contributed by atoms with van der Waals surface area (Å²) < 4.78 is 0. The highest BCUT2D eigenvalue weighted by atomic mass is 32.1. The van der Waals surface area contributed by atoms with E-state index in [1.54, 1.807) is 11.6 Å². The van der Waals surface area contributed by atoms with Crippen LogP contribution < -0.4 is 0 Å². The predicted molar refractivity (Wildman–Crippen MR) is 111 cm³/mol. The molecule has 138 valence electrons. The fourth-order valence-corrected chi connectivity index (χ4v) is 5.02. The lowest BCUT2D eigenvalue weighted by Gasteiger charge is -2.30. The van der Waals surface area contributed by atoms with Gasteiger partial charge >= 0.3 is 0 Å². The number of allylic oxidation sites excluding steroid dienone is 1. The average molecular weight is 368 g/mol. The number of ketones is 1. The van der Waals surface area contributed by atoms with Crippen molar-refractivity contribution in [3.05, 3.63) is 56.0 Å². The van der Waals surface area contributed by atoms with Crippen molar-refractivity contribution in [3.8, 4) is 0 Å². The molecule has 2 nitrogen and oxygen atoms in total. The molecule has 0 fully saturated rings. The second kappa shape index (κ2) is 7.48. The Morgan fingerprint density at radius 2 is 2.00 bits per heavy atom. The summed E-state index contributed by atoms with van der Waals surface area (Å²) in [4.78, 5) is 19.9. The van der Waals surface area contributed by atoms with Gasteiger partial charge in [0.05, 0.1) is 0 Å². The van der Waals surface area contributed by atoms with Crippen molar-refractivity contribution in [3.63, 3.8) is 0 Å². The highest BCUT2D eigenvalue weighted by Crippen LogP contribution is 2.42. The molecule has 1 aliphatic carbocycles. The molecule has 2 heterocycles. The van der Waals surface area contributed by atoms with Gasteiger partial charge in [0.15, 0.2) is 5.78 Å². The first-order valence-corrected chi connectivity index (χ1v) is 10.5. The highest BCUT2D eigenvalue weighted by molar-refractivity contribution is 7.13. The summed E-state index contributed by atoms with van der Waals surface area (Å²) in [5.74, 6) is 0.0709. The molecule has 1 aliphatic rings. The molecule has 0 amide bonds. The first-order valence-electron chi connectivity index (χ1n) is 9.66. The summed E-state index contributed by atoms with van der Waals surface area (Å²) in [6, 6.07) is 3.80. The molecular weight excluding hydrogens is 338 g/mol. The number of thiophene rings is 1. The molecule has 0 N–H and O–H groups in total. The van der Waals surface area contributed by atoms with E-state index in [0.717, 1.165) is 42.6 Å². The lowest BCUT2D eigenvalue weighted by Crippen LogP contribution is -2.22. The number of pyridine rings is 1. The van der Waals surface area contributed by atoms with Crippen LogP contribution in [0.1, 0.15) is 76.7 Å². The van der Waals surface area contributed by atoms with E-state index in [1.165, 1.54) is 21.7 Å². The Labute approximate surface area is 161 Å². The van der Waals surface area contributed by atoms with Crippen LogP contribution in [0.25, 0.3) is 6.08 Å². The zero-order chi connectivity index (χ0) is 18.9. The van der Waals surface area contributed by atoms with E-state index in [0.29, 0.717) is 5.41 Å². The molecule has 26 heavy (non-hydrogen) atoms. The summed E-state index contributed by atoms with van der Waals surface area (Å²) >= 11 is 1.87. The van der Waals surface area contributed by atoms with Crippen molar-refractivity contribution in [2.45, 2.75) is 66.7 Å². The molecule has 0 spiro atoms. The number of nitrogens with zero attached hydrogens (tertiary/aromatic N) is 1. The quantitative estimate of drug-likeness (QED) is 0.480. The minimum Gasteiger partial charge on any atom is -0.289 e. The van der Waals surface area contributed by atoms with Crippen LogP contribution >= 0.6 is 11.3 Å². The van der Waals surface area contributed by atoms with E-state index in [-0.39, 0.29) is 5.78 Å². The number of rotatable bonds is 5. The van der Waals surface area contributed by atoms with Gasteiger partial charge in [-0.1, -0.05) is 27.7 Å². The number of aromatic nitrogens is 1. The smallest absolute Gasteiger partial charge is 0.186 e. The van der Waals surface area contributed by atoms with Gasteiger partial charge in [-0.25, -0.2) is 0 Å². The van der Waals surface area contributed by atoms with Crippen molar-refractivity contribution in [1.29, 1.82) is 0 Å². The van der Waals surface area contributed by atoms with E-state index >= 15 is 0 Å². The summed E-state index contributed by atoms with van der Waals surface area (Å²) in [7, 11) is 0. The summed E-state index contributed by atoms with van der Waals surface area (Å²) in [5, 5.41) is 0. The van der Waals surface area contributed by atoms with Gasteiger partial charge in [-0.2, -0.15) is 0 Å². The van der Waals surface area contributed by atoms with Crippen LogP contribution in [0.2, 0.25) is 0 Å². The van der Waals surface area contributed by atoms with Crippen LogP contribution in [0, 0.1) is 12.3 Å². The number of carbonyl (C=O) groups is 1. The van der Waals surface area contributed by atoms with Crippen LogP contribution in [0.15, 0.2) is 18.2 Å². The number of aryl methyl sites for hydroxylation is 3. The summed E-state index contributed by atoms with van der Waals surface area (Å²) in [5.41, 5.74) is 6.05. The fourth-order valence-electron chi connectivity index (χ4n) is 3.81. The topological polar surface area (TPSA) is 30.0 Å². The first-order chi connectivity index (χ1) is 12.3. The Morgan fingerprint density at radius 3 is 2.69 bits per heavy atom. The van der Waals surface area contributed by atoms with Gasteiger partial charge in [-0.15, -0.1) is 11.3 Å². The Morgan fingerprint density at radius 1 is 1.23 bits per heavy atom. The highest BCUT2D eigenvalue weighted by Gasteiger charge is 2.29. The zero-order valence-electron chi connectivity index (χ0n) is 16.6. The number of hydrogen-bond acceptors (Lipinski definition) is 3. The van der Waals surface area contributed by atoms with Gasteiger partial charge in [0.25, 0.3) is 0 Å². The lowest BCUT2D eigenvalue weighted by atomic mass is 9.74. The molecule has 0 saturated heterocycles. The maximum absolute atomic E-state index is 12.7. The van der Waals surface area contributed by atoms with Gasteiger partial charge in [0.2, 0.25) is 0 Å². The van der Waals surface area contributed by atoms with Crippen LogP contribution in [0.5, 0.6) is 0 Å². The molecule has 0 atom stereocenters. The second-order valence-corrected chi connectivity index (χ2v) is 9.22. The minimum atomic E-state index is 0.0709. The molecule has 0 saturated carbocycles. The number of carbonyl (C=O) groups excluding carboxylic acids is 1. The van der Waals surface area contributed by atoms with E-state index < -0.39 is 0 Å². The number of hydrogen-bond donors (Lipinski definition) is 0. The Bertz CT molecular complexity index is 857. The van der Waals surface area contributed by atoms with Gasteiger partial charge < -0.3 is 0 Å². The van der Waals surface area contributed by atoms with Crippen LogP contribution in [-0.2, 0) is 25.7 Å². The Kier molecular flexibility index (Phi) is 5.47. The molecule has 0 radical (unpaired) electrons.